The average molecular weight is 273 g/mol. The zero-order chi connectivity index (χ0) is 12.5. The molecule has 0 bridgehead atoms. The smallest absolute Gasteiger partial charge is 0.140 e. The molecule has 1 aliphatic heterocycles. The summed E-state index contributed by atoms with van der Waals surface area (Å²) in [5, 5.41) is 1.15. The average Bonchev–Trinajstić information content (AvgIpc) is 2.29. The van der Waals surface area contributed by atoms with Crippen molar-refractivity contribution in [1.29, 1.82) is 0 Å². The monoisotopic (exact) mass is 272 g/mol. The van der Waals surface area contributed by atoms with E-state index in [-0.39, 0.29) is 5.78 Å². The van der Waals surface area contributed by atoms with Crippen LogP contribution in [0.1, 0.15) is 25.3 Å². The van der Waals surface area contributed by atoms with E-state index in [2.05, 4.69) is 0 Å². The lowest BCUT2D eigenvalue weighted by molar-refractivity contribution is -0.126. The van der Waals surface area contributed by atoms with Crippen molar-refractivity contribution in [3.63, 3.8) is 0 Å². The maximum atomic E-state index is 12.0. The van der Waals surface area contributed by atoms with Gasteiger partial charge in [-0.05, 0) is 37.5 Å². The molecule has 1 saturated heterocycles. The summed E-state index contributed by atoms with van der Waals surface area (Å²) in [5.74, 6) is 0.144. The molecule has 0 N–H and O–H groups in total. The van der Waals surface area contributed by atoms with E-state index in [1.54, 1.807) is 19.1 Å². The van der Waals surface area contributed by atoms with Crippen LogP contribution in [0.15, 0.2) is 18.2 Å². The van der Waals surface area contributed by atoms with Crippen LogP contribution in [0, 0.1) is 0 Å². The molecular formula is C13H14Cl2O2. The molecule has 0 aromatic heterocycles. The fourth-order valence-corrected chi connectivity index (χ4v) is 3.00. The number of ether oxygens (including phenoxy) is 1. The Morgan fingerprint density at radius 3 is 2.47 bits per heavy atom. The van der Waals surface area contributed by atoms with Gasteiger partial charge in [0.15, 0.2) is 0 Å². The number of hydrogen-bond acceptors (Lipinski definition) is 2. The summed E-state index contributed by atoms with van der Waals surface area (Å²) in [7, 11) is 0. The quantitative estimate of drug-likeness (QED) is 0.822. The first kappa shape index (κ1) is 12.9. The minimum absolute atomic E-state index is 0.144. The third-order valence-electron chi connectivity index (χ3n) is 3.47. The highest BCUT2D eigenvalue weighted by Crippen LogP contribution is 2.40. The van der Waals surface area contributed by atoms with Gasteiger partial charge in [0.25, 0.3) is 0 Å². The Morgan fingerprint density at radius 2 is 1.94 bits per heavy atom. The van der Waals surface area contributed by atoms with Gasteiger partial charge in [-0.3, -0.25) is 4.79 Å². The van der Waals surface area contributed by atoms with Crippen LogP contribution in [0.3, 0.4) is 0 Å². The minimum atomic E-state index is -0.500. The van der Waals surface area contributed by atoms with Crippen LogP contribution in [-0.2, 0) is 14.9 Å². The molecular weight excluding hydrogens is 259 g/mol. The fourth-order valence-electron chi connectivity index (χ4n) is 2.41. The molecule has 0 unspecified atom stereocenters. The highest BCUT2D eigenvalue weighted by molar-refractivity contribution is 6.35. The third kappa shape index (κ3) is 2.35. The number of carbonyl (C=O) groups is 1. The number of ketones is 1. The van der Waals surface area contributed by atoms with Gasteiger partial charge >= 0.3 is 0 Å². The molecule has 92 valence electrons. The molecule has 0 amide bonds. The predicted molar refractivity (Wildman–Crippen MR) is 68.9 cm³/mol. The molecule has 4 heteroatoms. The van der Waals surface area contributed by atoms with E-state index in [9.17, 15) is 4.79 Å². The molecule has 17 heavy (non-hydrogen) atoms. The Morgan fingerprint density at radius 1 is 1.29 bits per heavy atom. The highest BCUT2D eigenvalue weighted by Gasteiger charge is 2.40. The first-order valence-corrected chi connectivity index (χ1v) is 6.36. The molecule has 1 heterocycles. The van der Waals surface area contributed by atoms with Crippen LogP contribution in [0.2, 0.25) is 10.0 Å². The van der Waals surface area contributed by atoms with Crippen molar-refractivity contribution in [3.8, 4) is 0 Å². The maximum absolute atomic E-state index is 12.0. The fraction of sp³-hybridized carbons (Fsp3) is 0.462. The van der Waals surface area contributed by atoms with E-state index in [1.165, 1.54) is 0 Å². The SMILES string of the molecule is CC(=O)C1(c2ccc(Cl)cc2Cl)CCOCC1. The lowest BCUT2D eigenvalue weighted by Crippen LogP contribution is -2.40. The van der Waals surface area contributed by atoms with Crippen molar-refractivity contribution in [3.05, 3.63) is 33.8 Å². The molecule has 0 spiro atoms. The van der Waals surface area contributed by atoms with Crippen LogP contribution in [-0.4, -0.2) is 19.0 Å². The Bertz CT molecular complexity index is 437. The highest BCUT2D eigenvalue weighted by atomic mass is 35.5. The molecule has 2 rings (SSSR count). The van der Waals surface area contributed by atoms with Crippen molar-refractivity contribution < 1.29 is 9.53 Å². The van der Waals surface area contributed by atoms with Crippen molar-refractivity contribution >= 4 is 29.0 Å². The zero-order valence-corrected chi connectivity index (χ0v) is 11.1. The molecule has 0 radical (unpaired) electrons. The predicted octanol–water partition coefficient (Wildman–Crippen LogP) is 3.63. The second-order valence-corrected chi connectivity index (χ2v) is 5.22. The summed E-state index contributed by atoms with van der Waals surface area (Å²) in [4.78, 5) is 12.0. The van der Waals surface area contributed by atoms with Crippen LogP contribution in [0.5, 0.6) is 0 Å². The van der Waals surface area contributed by atoms with E-state index in [1.807, 2.05) is 6.07 Å². The van der Waals surface area contributed by atoms with Gasteiger partial charge in [0, 0.05) is 23.3 Å². The second-order valence-electron chi connectivity index (χ2n) is 4.37. The molecule has 1 aromatic carbocycles. The van der Waals surface area contributed by atoms with Crippen molar-refractivity contribution in [1.82, 2.24) is 0 Å². The van der Waals surface area contributed by atoms with Gasteiger partial charge in [-0.15, -0.1) is 0 Å². The Labute approximate surface area is 111 Å². The van der Waals surface area contributed by atoms with E-state index in [0.717, 1.165) is 5.56 Å². The lowest BCUT2D eigenvalue weighted by Gasteiger charge is -2.36. The maximum Gasteiger partial charge on any atom is 0.140 e. The van der Waals surface area contributed by atoms with E-state index < -0.39 is 5.41 Å². The molecule has 2 nitrogen and oxygen atoms in total. The van der Waals surface area contributed by atoms with Crippen molar-refractivity contribution in [2.75, 3.05) is 13.2 Å². The summed E-state index contributed by atoms with van der Waals surface area (Å²) in [6, 6.07) is 5.33. The first-order chi connectivity index (χ1) is 8.06. The van der Waals surface area contributed by atoms with Gasteiger partial charge in [0.1, 0.15) is 5.78 Å². The second kappa shape index (κ2) is 4.97. The van der Waals surface area contributed by atoms with Crippen LogP contribution in [0.4, 0.5) is 0 Å². The van der Waals surface area contributed by atoms with Crippen LogP contribution in [0.25, 0.3) is 0 Å². The molecule has 0 atom stereocenters. The van der Waals surface area contributed by atoms with Gasteiger partial charge < -0.3 is 4.74 Å². The molecule has 1 aliphatic rings. The topological polar surface area (TPSA) is 26.3 Å². The summed E-state index contributed by atoms with van der Waals surface area (Å²) < 4.78 is 5.34. The number of carbonyl (C=O) groups excluding carboxylic acids is 1. The molecule has 1 aromatic rings. The molecule has 1 fully saturated rings. The summed E-state index contributed by atoms with van der Waals surface area (Å²) in [6.07, 6.45) is 1.37. The largest absolute Gasteiger partial charge is 0.381 e. The van der Waals surface area contributed by atoms with E-state index in [4.69, 9.17) is 27.9 Å². The van der Waals surface area contributed by atoms with Gasteiger partial charge in [-0.1, -0.05) is 29.3 Å². The third-order valence-corrected chi connectivity index (χ3v) is 4.01. The van der Waals surface area contributed by atoms with Crippen molar-refractivity contribution in [2.24, 2.45) is 0 Å². The van der Waals surface area contributed by atoms with Gasteiger partial charge in [0.05, 0.1) is 5.41 Å². The van der Waals surface area contributed by atoms with Crippen LogP contribution < -0.4 is 0 Å². The summed E-state index contributed by atoms with van der Waals surface area (Å²) >= 11 is 12.1. The Balaban J connectivity index is 2.49. The van der Waals surface area contributed by atoms with E-state index in [0.29, 0.717) is 36.1 Å². The number of rotatable bonds is 2. The summed E-state index contributed by atoms with van der Waals surface area (Å²) in [5.41, 5.74) is 0.374. The molecule has 0 saturated carbocycles. The standard InChI is InChI=1S/C13H14Cl2O2/c1-9(16)13(4-6-17-7-5-13)11-3-2-10(14)8-12(11)15/h2-3,8H,4-7H2,1H3. The molecule has 0 aliphatic carbocycles. The number of benzene rings is 1. The number of halogens is 2. The van der Waals surface area contributed by atoms with Gasteiger partial charge in [0.2, 0.25) is 0 Å². The van der Waals surface area contributed by atoms with Crippen LogP contribution >= 0.6 is 23.2 Å². The first-order valence-electron chi connectivity index (χ1n) is 5.60. The minimum Gasteiger partial charge on any atom is -0.381 e. The summed E-state index contributed by atoms with van der Waals surface area (Å²) in [6.45, 7) is 2.81. The number of hydrogen-bond donors (Lipinski definition) is 0. The zero-order valence-electron chi connectivity index (χ0n) is 9.63. The van der Waals surface area contributed by atoms with Crippen molar-refractivity contribution in [2.45, 2.75) is 25.2 Å². The van der Waals surface area contributed by atoms with E-state index >= 15 is 0 Å². The Kier molecular flexibility index (Phi) is 3.76. The van der Waals surface area contributed by atoms with Gasteiger partial charge in [-0.2, -0.15) is 0 Å². The Hall–Kier alpha value is -0.570. The normalized spacial score (nSPS) is 19.0. The van der Waals surface area contributed by atoms with Gasteiger partial charge in [-0.25, -0.2) is 0 Å². The lowest BCUT2D eigenvalue weighted by atomic mass is 9.71. The number of Topliss-reactive ketones (excluding diaryl/α,β-unsaturated/α-hetero) is 1.